The molecular formula is C20H29N3O3. The summed E-state index contributed by atoms with van der Waals surface area (Å²) in [5, 5.41) is 2.88. The van der Waals surface area contributed by atoms with Crippen LogP contribution in [0.3, 0.4) is 0 Å². The summed E-state index contributed by atoms with van der Waals surface area (Å²) in [6, 6.07) is 6.85. The first-order valence-electron chi connectivity index (χ1n) is 9.71. The van der Waals surface area contributed by atoms with Gasteiger partial charge in [0, 0.05) is 19.6 Å². The van der Waals surface area contributed by atoms with E-state index in [-0.39, 0.29) is 6.03 Å². The van der Waals surface area contributed by atoms with Gasteiger partial charge in [0.05, 0.1) is 17.9 Å². The van der Waals surface area contributed by atoms with E-state index in [4.69, 9.17) is 4.74 Å². The van der Waals surface area contributed by atoms with Gasteiger partial charge < -0.3 is 19.9 Å². The van der Waals surface area contributed by atoms with Crippen LogP contribution < -0.4 is 5.32 Å². The Morgan fingerprint density at radius 1 is 1.12 bits per heavy atom. The van der Waals surface area contributed by atoms with E-state index < -0.39 is 5.97 Å². The predicted octanol–water partition coefficient (Wildman–Crippen LogP) is 3.20. The largest absolute Gasteiger partial charge is 0.462 e. The Morgan fingerprint density at radius 3 is 2.50 bits per heavy atom. The number of nitrogens with one attached hydrogen (secondary N) is 1. The molecule has 26 heavy (non-hydrogen) atoms. The Balaban J connectivity index is 1.52. The van der Waals surface area contributed by atoms with Gasteiger partial charge >= 0.3 is 12.0 Å². The summed E-state index contributed by atoms with van der Waals surface area (Å²) in [6.07, 6.45) is 4.73. The van der Waals surface area contributed by atoms with Crippen LogP contribution >= 0.6 is 0 Å². The van der Waals surface area contributed by atoms with Crippen LogP contribution in [0.1, 0.15) is 43.0 Å². The molecule has 142 valence electrons. The number of esters is 1. The number of ether oxygens (including phenoxy) is 1. The number of anilines is 1. The van der Waals surface area contributed by atoms with Gasteiger partial charge in [0.25, 0.3) is 0 Å². The third-order valence-electron chi connectivity index (χ3n) is 5.28. The Morgan fingerprint density at radius 2 is 1.81 bits per heavy atom. The maximum absolute atomic E-state index is 12.6. The molecule has 3 rings (SSSR count). The van der Waals surface area contributed by atoms with Gasteiger partial charge in [-0.1, -0.05) is 12.1 Å². The molecule has 2 fully saturated rings. The van der Waals surface area contributed by atoms with E-state index >= 15 is 0 Å². The lowest BCUT2D eigenvalue weighted by Crippen LogP contribution is -2.43. The number of carbonyl (C=O) groups is 2. The van der Waals surface area contributed by atoms with Gasteiger partial charge in [-0.15, -0.1) is 0 Å². The van der Waals surface area contributed by atoms with Crippen LogP contribution in [0.15, 0.2) is 24.3 Å². The number of nitrogens with zero attached hydrogens (tertiary/aromatic N) is 2. The summed E-state index contributed by atoms with van der Waals surface area (Å²) in [7, 11) is 0. The third-order valence-corrected chi connectivity index (χ3v) is 5.28. The Bertz CT molecular complexity index is 620. The van der Waals surface area contributed by atoms with Crippen LogP contribution in [0.5, 0.6) is 0 Å². The number of urea groups is 1. The quantitative estimate of drug-likeness (QED) is 0.820. The number of carbonyl (C=O) groups excluding carboxylic acids is 2. The highest BCUT2D eigenvalue weighted by atomic mass is 16.5. The zero-order valence-corrected chi connectivity index (χ0v) is 15.6. The highest BCUT2D eigenvalue weighted by Crippen LogP contribution is 2.22. The van der Waals surface area contributed by atoms with E-state index in [9.17, 15) is 9.59 Å². The zero-order valence-electron chi connectivity index (χ0n) is 15.6. The van der Waals surface area contributed by atoms with Gasteiger partial charge in [-0.2, -0.15) is 0 Å². The van der Waals surface area contributed by atoms with Crippen LogP contribution in [0.25, 0.3) is 0 Å². The molecule has 0 radical (unpaired) electrons. The normalized spacial score (nSPS) is 18.7. The summed E-state index contributed by atoms with van der Waals surface area (Å²) >= 11 is 0. The van der Waals surface area contributed by atoms with Gasteiger partial charge in [-0.05, 0) is 63.7 Å². The van der Waals surface area contributed by atoms with Gasteiger partial charge in [0.1, 0.15) is 0 Å². The summed E-state index contributed by atoms with van der Waals surface area (Å²) < 4.78 is 5.06. The monoisotopic (exact) mass is 359 g/mol. The second kappa shape index (κ2) is 9.03. The molecule has 0 aromatic heterocycles. The molecule has 2 amide bonds. The molecule has 0 saturated carbocycles. The SMILES string of the molecule is CCOC(=O)c1ccccc1NC(=O)N1CCC(CN2CCCC2)CC1. The van der Waals surface area contributed by atoms with Crippen LogP contribution in [-0.2, 0) is 4.74 Å². The van der Waals surface area contributed by atoms with Crippen LogP contribution in [0.4, 0.5) is 10.5 Å². The highest BCUT2D eigenvalue weighted by molar-refractivity contribution is 6.00. The molecule has 1 N–H and O–H groups in total. The fourth-order valence-corrected chi connectivity index (χ4v) is 3.82. The van der Waals surface area contributed by atoms with E-state index in [1.165, 1.54) is 32.5 Å². The number of para-hydroxylation sites is 1. The van der Waals surface area contributed by atoms with E-state index in [1.807, 2.05) is 4.90 Å². The standard InChI is InChI=1S/C20H29N3O3/c1-2-26-19(24)17-7-3-4-8-18(17)21-20(25)23-13-9-16(10-14-23)15-22-11-5-6-12-22/h3-4,7-8,16H,2,5-6,9-15H2,1H3,(H,21,25). The van der Waals surface area contributed by atoms with E-state index in [2.05, 4.69) is 10.2 Å². The Hall–Kier alpha value is -2.08. The van der Waals surface area contributed by atoms with Crippen molar-refractivity contribution in [2.24, 2.45) is 5.92 Å². The second-order valence-corrected chi connectivity index (χ2v) is 7.13. The highest BCUT2D eigenvalue weighted by Gasteiger charge is 2.26. The molecule has 0 bridgehead atoms. The van der Waals surface area contributed by atoms with Gasteiger partial charge in [0.2, 0.25) is 0 Å². The fourth-order valence-electron chi connectivity index (χ4n) is 3.82. The maximum atomic E-state index is 12.6. The number of likely N-dealkylation sites (tertiary alicyclic amines) is 2. The van der Waals surface area contributed by atoms with E-state index in [0.29, 0.717) is 23.8 Å². The minimum Gasteiger partial charge on any atom is -0.462 e. The molecule has 1 aromatic carbocycles. The minimum absolute atomic E-state index is 0.138. The van der Waals surface area contributed by atoms with Crippen molar-refractivity contribution in [1.82, 2.24) is 9.80 Å². The predicted molar refractivity (Wildman–Crippen MR) is 101 cm³/mol. The van der Waals surface area contributed by atoms with Crippen LogP contribution in [-0.4, -0.2) is 61.1 Å². The minimum atomic E-state index is -0.410. The molecule has 2 aliphatic heterocycles. The van der Waals surface area contributed by atoms with Crippen molar-refractivity contribution in [2.75, 3.05) is 44.6 Å². The Kier molecular flexibility index (Phi) is 6.50. The van der Waals surface area contributed by atoms with Crippen LogP contribution in [0.2, 0.25) is 0 Å². The smallest absolute Gasteiger partial charge is 0.340 e. The number of hydrogen-bond donors (Lipinski definition) is 1. The van der Waals surface area contributed by atoms with Crippen molar-refractivity contribution in [2.45, 2.75) is 32.6 Å². The maximum Gasteiger partial charge on any atom is 0.340 e. The van der Waals surface area contributed by atoms with Crippen molar-refractivity contribution in [1.29, 1.82) is 0 Å². The van der Waals surface area contributed by atoms with Gasteiger partial charge in [0.15, 0.2) is 0 Å². The van der Waals surface area contributed by atoms with Gasteiger partial charge in [-0.3, -0.25) is 0 Å². The average molecular weight is 359 g/mol. The fraction of sp³-hybridized carbons (Fsp3) is 0.600. The zero-order chi connectivity index (χ0) is 18.4. The number of hydrogen-bond acceptors (Lipinski definition) is 4. The number of benzene rings is 1. The second-order valence-electron chi connectivity index (χ2n) is 7.13. The molecule has 0 aliphatic carbocycles. The lowest BCUT2D eigenvalue weighted by atomic mass is 9.96. The number of piperidine rings is 1. The summed E-state index contributed by atoms with van der Waals surface area (Å²) in [4.78, 5) is 29.0. The molecule has 2 heterocycles. The van der Waals surface area contributed by atoms with Crippen molar-refractivity contribution in [3.05, 3.63) is 29.8 Å². The summed E-state index contributed by atoms with van der Waals surface area (Å²) in [6.45, 7) is 7.24. The van der Waals surface area contributed by atoms with E-state index in [0.717, 1.165) is 25.9 Å². The number of amides is 2. The lowest BCUT2D eigenvalue weighted by molar-refractivity contribution is 0.0527. The summed E-state index contributed by atoms with van der Waals surface area (Å²) in [5.74, 6) is 0.275. The molecule has 6 nitrogen and oxygen atoms in total. The van der Waals surface area contributed by atoms with Crippen molar-refractivity contribution >= 4 is 17.7 Å². The first kappa shape index (κ1) is 18.7. The van der Waals surface area contributed by atoms with E-state index in [1.54, 1.807) is 31.2 Å². The first-order valence-corrected chi connectivity index (χ1v) is 9.71. The molecule has 2 saturated heterocycles. The van der Waals surface area contributed by atoms with Crippen molar-refractivity contribution in [3.8, 4) is 0 Å². The molecular weight excluding hydrogens is 330 g/mol. The van der Waals surface area contributed by atoms with Crippen molar-refractivity contribution < 1.29 is 14.3 Å². The average Bonchev–Trinajstić information content (AvgIpc) is 3.16. The third kappa shape index (κ3) is 4.75. The molecule has 0 unspecified atom stereocenters. The Labute approximate surface area is 155 Å². The molecule has 0 atom stereocenters. The first-order chi connectivity index (χ1) is 12.7. The molecule has 2 aliphatic rings. The van der Waals surface area contributed by atoms with Gasteiger partial charge in [-0.25, -0.2) is 9.59 Å². The molecule has 6 heteroatoms. The number of rotatable bonds is 5. The molecule has 1 aromatic rings. The lowest BCUT2D eigenvalue weighted by Gasteiger charge is -2.34. The van der Waals surface area contributed by atoms with Crippen LogP contribution in [0, 0.1) is 5.92 Å². The molecule has 0 spiro atoms. The van der Waals surface area contributed by atoms with Crippen molar-refractivity contribution in [3.63, 3.8) is 0 Å². The topological polar surface area (TPSA) is 61.9 Å². The summed E-state index contributed by atoms with van der Waals surface area (Å²) in [5.41, 5.74) is 0.904.